The average molecular weight is 214 g/mol. The molecule has 0 amide bonds. The van der Waals surface area contributed by atoms with Crippen molar-refractivity contribution in [1.82, 2.24) is 0 Å². The van der Waals surface area contributed by atoms with Crippen LogP contribution in [-0.4, -0.2) is 37.2 Å². The van der Waals surface area contributed by atoms with Gasteiger partial charge < -0.3 is 9.47 Å². The van der Waals surface area contributed by atoms with E-state index in [0.717, 1.165) is 0 Å². The summed E-state index contributed by atoms with van der Waals surface area (Å²) in [7, 11) is 2.55. The van der Waals surface area contributed by atoms with E-state index < -0.39 is 23.0 Å². The Morgan fingerprint density at radius 2 is 1.33 bits per heavy atom. The Bertz CT molecular complexity index is 298. The molecular weight excluding hydrogens is 200 g/mol. The summed E-state index contributed by atoms with van der Waals surface area (Å²) in [4.78, 5) is 22.8. The largest absolute Gasteiger partial charge is 0.467 e. The number of azo groups is 1. The van der Waals surface area contributed by atoms with Crippen LogP contribution in [0.2, 0.25) is 0 Å². The third kappa shape index (κ3) is 1.84. The summed E-state index contributed by atoms with van der Waals surface area (Å²) in [5.74, 6) is -1.00. The highest BCUT2D eigenvalue weighted by Gasteiger charge is 2.52. The summed E-state index contributed by atoms with van der Waals surface area (Å²) in [5.41, 5.74) is -2.17. The lowest BCUT2D eigenvalue weighted by Gasteiger charge is -2.20. The first-order chi connectivity index (χ1) is 6.88. The number of ether oxygens (including phenoxy) is 2. The Labute approximate surface area is 87.6 Å². The first kappa shape index (κ1) is 11.6. The van der Waals surface area contributed by atoms with Crippen molar-refractivity contribution in [1.29, 1.82) is 0 Å². The fraction of sp³-hybridized carbons (Fsp3) is 0.778. The molecule has 0 radical (unpaired) electrons. The van der Waals surface area contributed by atoms with Gasteiger partial charge in [0.15, 0.2) is 11.1 Å². The molecule has 1 heterocycles. The zero-order valence-corrected chi connectivity index (χ0v) is 9.23. The number of hydrogen-bond donors (Lipinski definition) is 0. The van der Waals surface area contributed by atoms with Crippen LogP contribution in [0.5, 0.6) is 0 Å². The Morgan fingerprint density at radius 3 is 1.60 bits per heavy atom. The van der Waals surface area contributed by atoms with Gasteiger partial charge in [-0.1, -0.05) is 0 Å². The van der Waals surface area contributed by atoms with E-state index in [4.69, 9.17) is 0 Å². The van der Waals surface area contributed by atoms with Gasteiger partial charge in [-0.3, -0.25) is 0 Å². The van der Waals surface area contributed by atoms with Gasteiger partial charge in [-0.25, -0.2) is 9.59 Å². The van der Waals surface area contributed by atoms with Crippen LogP contribution >= 0.6 is 0 Å². The maximum Gasteiger partial charge on any atom is 0.335 e. The smallest absolute Gasteiger partial charge is 0.335 e. The van der Waals surface area contributed by atoms with E-state index in [0.29, 0.717) is 0 Å². The van der Waals surface area contributed by atoms with Gasteiger partial charge in [0.2, 0.25) is 0 Å². The minimum atomic E-state index is -1.09. The minimum Gasteiger partial charge on any atom is -0.467 e. The molecule has 0 aromatic rings. The minimum absolute atomic E-state index is 0.166. The first-order valence-corrected chi connectivity index (χ1v) is 4.49. The van der Waals surface area contributed by atoms with Gasteiger partial charge in [0, 0.05) is 6.42 Å². The zero-order valence-electron chi connectivity index (χ0n) is 9.23. The van der Waals surface area contributed by atoms with Crippen molar-refractivity contribution in [3.8, 4) is 0 Å². The zero-order chi connectivity index (χ0) is 11.7. The van der Waals surface area contributed by atoms with Crippen LogP contribution in [0, 0.1) is 0 Å². The molecule has 1 aliphatic heterocycles. The van der Waals surface area contributed by atoms with Crippen molar-refractivity contribution < 1.29 is 19.1 Å². The molecular formula is C9H14N2O4. The molecule has 2 atom stereocenters. The number of carbonyl (C=O) groups excluding carboxylic acids is 2. The molecule has 0 aromatic heterocycles. The molecule has 0 aromatic carbocycles. The van der Waals surface area contributed by atoms with Crippen LogP contribution in [0.1, 0.15) is 20.3 Å². The highest BCUT2D eigenvalue weighted by atomic mass is 16.5. The molecule has 0 saturated carbocycles. The average Bonchev–Trinajstić information content (AvgIpc) is 2.55. The summed E-state index contributed by atoms with van der Waals surface area (Å²) in [6, 6.07) is 0. The first-order valence-electron chi connectivity index (χ1n) is 4.49. The normalized spacial score (nSPS) is 33.9. The van der Waals surface area contributed by atoms with Crippen LogP contribution in [0.4, 0.5) is 0 Å². The summed E-state index contributed by atoms with van der Waals surface area (Å²) in [5, 5.41) is 7.62. The van der Waals surface area contributed by atoms with Crippen molar-refractivity contribution in [3.63, 3.8) is 0 Å². The Hall–Kier alpha value is -1.46. The van der Waals surface area contributed by atoms with Crippen LogP contribution in [0.15, 0.2) is 10.2 Å². The van der Waals surface area contributed by atoms with Crippen molar-refractivity contribution in [2.45, 2.75) is 31.3 Å². The molecule has 1 rings (SSSR count). The second-order valence-corrected chi connectivity index (χ2v) is 3.91. The van der Waals surface area contributed by atoms with Crippen LogP contribution in [0.3, 0.4) is 0 Å². The van der Waals surface area contributed by atoms with E-state index in [1.54, 1.807) is 13.8 Å². The lowest BCUT2D eigenvalue weighted by Crippen LogP contribution is -2.41. The summed E-state index contributed by atoms with van der Waals surface area (Å²) in [6.07, 6.45) is 0.166. The number of carbonyl (C=O) groups is 2. The predicted octanol–water partition coefficient (Wildman–Crippen LogP) is 0.706. The standard InChI is InChI=1S/C9H14N2O4/c1-8(6(12)14-3)5-9(2,11-10-8)7(13)15-4/h5H2,1-4H3. The van der Waals surface area contributed by atoms with Crippen molar-refractivity contribution in [3.05, 3.63) is 0 Å². The highest BCUT2D eigenvalue weighted by Crippen LogP contribution is 2.36. The van der Waals surface area contributed by atoms with Gasteiger partial charge in [0.25, 0.3) is 0 Å². The fourth-order valence-electron chi connectivity index (χ4n) is 1.63. The number of methoxy groups -OCH3 is 2. The lowest BCUT2D eigenvalue weighted by molar-refractivity contribution is -0.149. The SMILES string of the molecule is COC(=O)C1(C)CC(C)(C(=O)OC)N=N1. The molecule has 2 unspecified atom stereocenters. The second-order valence-electron chi connectivity index (χ2n) is 3.91. The topological polar surface area (TPSA) is 77.3 Å². The van der Waals surface area contributed by atoms with E-state index in [9.17, 15) is 9.59 Å². The molecule has 84 valence electrons. The number of rotatable bonds is 2. The van der Waals surface area contributed by atoms with E-state index in [1.807, 2.05) is 0 Å². The van der Waals surface area contributed by atoms with Crippen molar-refractivity contribution in [2.75, 3.05) is 14.2 Å². The summed E-state index contributed by atoms with van der Waals surface area (Å²) < 4.78 is 9.20. The Kier molecular flexibility index (Phi) is 2.79. The van der Waals surface area contributed by atoms with E-state index >= 15 is 0 Å². The van der Waals surface area contributed by atoms with Crippen LogP contribution < -0.4 is 0 Å². The number of hydrogen-bond acceptors (Lipinski definition) is 6. The fourth-order valence-corrected chi connectivity index (χ4v) is 1.63. The molecule has 1 aliphatic rings. The molecule has 0 bridgehead atoms. The molecule has 6 heteroatoms. The van der Waals surface area contributed by atoms with Gasteiger partial charge in [0.05, 0.1) is 14.2 Å². The number of esters is 2. The summed E-state index contributed by atoms with van der Waals surface area (Å²) in [6.45, 7) is 3.16. The third-order valence-electron chi connectivity index (χ3n) is 2.43. The predicted molar refractivity (Wildman–Crippen MR) is 50.3 cm³/mol. The van der Waals surface area contributed by atoms with Gasteiger partial charge in [-0.05, 0) is 13.8 Å². The van der Waals surface area contributed by atoms with Crippen molar-refractivity contribution in [2.24, 2.45) is 10.2 Å². The van der Waals surface area contributed by atoms with Gasteiger partial charge >= 0.3 is 11.9 Å². The molecule has 0 fully saturated rings. The van der Waals surface area contributed by atoms with E-state index in [2.05, 4.69) is 19.7 Å². The lowest BCUT2D eigenvalue weighted by atomic mass is 9.87. The molecule has 0 N–H and O–H groups in total. The van der Waals surface area contributed by atoms with Crippen LogP contribution in [0.25, 0.3) is 0 Å². The molecule has 0 spiro atoms. The van der Waals surface area contributed by atoms with Crippen LogP contribution in [-0.2, 0) is 19.1 Å². The molecule has 15 heavy (non-hydrogen) atoms. The maximum atomic E-state index is 11.4. The molecule has 0 saturated heterocycles. The summed E-state index contributed by atoms with van der Waals surface area (Å²) >= 11 is 0. The molecule has 6 nitrogen and oxygen atoms in total. The van der Waals surface area contributed by atoms with Gasteiger partial charge in [-0.15, -0.1) is 0 Å². The van der Waals surface area contributed by atoms with E-state index in [1.165, 1.54) is 14.2 Å². The highest BCUT2D eigenvalue weighted by molar-refractivity contribution is 5.86. The number of nitrogens with zero attached hydrogens (tertiary/aromatic N) is 2. The Morgan fingerprint density at radius 1 is 1.00 bits per heavy atom. The quantitative estimate of drug-likeness (QED) is 0.634. The van der Waals surface area contributed by atoms with Gasteiger partial charge in [-0.2, -0.15) is 10.2 Å². The maximum absolute atomic E-state index is 11.4. The van der Waals surface area contributed by atoms with E-state index in [-0.39, 0.29) is 6.42 Å². The van der Waals surface area contributed by atoms with Crippen molar-refractivity contribution >= 4 is 11.9 Å². The second kappa shape index (κ2) is 3.60. The third-order valence-corrected chi connectivity index (χ3v) is 2.43. The Balaban J connectivity index is 2.88. The molecule has 0 aliphatic carbocycles. The van der Waals surface area contributed by atoms with Gasteiger partial charge in [0.1, 0.15) is 0 Å². The monoisotopic (exact) mass is 214 g/mol.